The Kier molecular flexibility index (Phi) is 5.68. The van der Waals surface area contributed by atoms with Crippen LogP contribution >= 0.6 is 27.3 Å². The van der Waals surface area contributed by atoms with Crippen LogP contribution in [0.15, 0.2) is 46.3 Å². The molecule has 2 aromatic rings. The van der Waals surface area contributed by atoms with Gasteiger partial charge in [0.1, 0.15) is 0 Å². The first-order valence-electron chi connectivity index (χ1n) is 7.99. The Morgan fingerprint density at radius 2 is 1.92 bits per heavy atom. The van der Waals surface area contributed by atoms with Gasteiger partial charge in [-0.05, 0) is 52.4 Å². The summed E-state index contributed by atoms with van der Waals surface area (Å²) in [6.45, 7) is 1.40. The van der Waals surface area contributed by atoms with Crippen LogP contribution in [0.1, 0.15) is 28.1 Å². The molecule has 1 aliphatic rings. The number of halogens is 1. The van der Waals surface area contributed by atoms with Crippen LogP contribution in [-0.2, 0) is 11.2 Å². The number of nitrogens with one attached hydrogen (secondary N) is 1. The fourth-order valence-corrected chi connectivity index (χ4v) is 4.02. The molecule has 0 spiro atoms. The molecule has 4 nitrogen and oxygen atoms in total. The first kappa shape index (κ1) is 17.2. The number of amides is 2. The van der Waals surface area contributed by atoms with Crippen molar-refractivity contribution in [3.63, 3.8) is 0 Å². The quantitative estimate of drug-likeness (QED) is 0.844. The summed E-state index contributed by atoms with van der Waals surface area (Å²) >= 11 is 5.02. The molecule has 1 fully saturated rings. The third-order valence-corrected chi connectivity index (χ3v) is 5.77. The third-order valence-electron chi connectivity index (χ3n) is 4.21. The number of carbonyl (C=O) groups is 2. The predicted octanol–water partition coefficient (Wildman–Crippen LogP) is 3.47. The fourth-order valence-electron chi connectivity index (χ4n) is 2.86. The van der Waals surface area contributed by atoms with Gasteiger partial charge in [0.15, 0.2) is 0 Å². The van der Waals surface area contributed by atoms with Crippen LogP contribution in [-0.4, -0.2) is 35.8 Å². The fraction of sp³-hybridized carbons (Fsp3) is 0.333. The van der Waals surface area contributed by atoms with E-state index >= 15 is 0 Å². The highest BCUT2D eigenvalue weighted by Gasteiger charge is 2.24. The molecule has 24 heavy (non-hydrogen) atoms. The summed E-state index contributed by atoms with van der Waals surface area (Å²) in [5.41, 5.74) is 0.647. The lowest BCUT2D eigenvalue weighted by molar-refractivity contribution is -0.131. The van der Waals surface area contributed by atoms with Gasteiger partial charge >= 0.3 is 0 Å². The summed E-state index contributed by atoms with van der Waals surface area (Å²) in [6.07, 6.45) is 2.07. The van der Waals surface area contributed by atoms with Crippen LogP contribution in [0.2, 0.25) is 0 Å². The molecule has 0 unspecified atom stereocenters. The number of piperidine rings is 1. The number of nitrogens with zero attached hydrogens (tertiary/aromatic N) is 1. The van der Waals surface area contributed by atoms with Crippen LogP contribution in [0.4, 0.5) is 0 Å². The summed E-state index contributed by atoms with van der Waals surface area (Å²) in [7, 11) is 0. The van der Waals surface area contributed by atoms with E-state index < -0.39 is 0 Å². The van der Waals surface area contributed by atoms with Gasteiger partial charge in [0.2, 0.25) is 5.91 Å². The Balaban J connectivity index is 1.49. The van der Waals surface area contributed by atoms with Crippen molar-refractivity contribution in [3.8, 4) is 0 Å². The Bertz CT molecular complexity index is 710. The molecule has 2 amide bonds. The molecular formula is C18H19BrN2O2S. The maximum atomic E-state index is 12.3. The van der Waals surface area contributed by atoms with Gasteiger partial charge < -0.3 is 10.2 Å². The number of hydrogen-bond acceptors (Lipinski definition) is 3. The minimum atomic E-state index is -0.0640. The van der Waals surface area contributed by atoms with Gasteiger partial charge in [-0.25, -0.2) is 0 Å². The minimum Gasteiger partial charge on any atom is -0.349 e. The van der Waals surface area contributed by atoms with Gasteiger partial charge in [-0.3, -0.25) is 9.59 Å². The molecule has 1 N–H and O–H groups in total. The first-order valence-corrected chi connectivity index (χ1v) is 9.66. The first-order chi connectivity index (χ1) is 11.6. The van der Waals surface area contributed by atoms with E-state index in [9.17, 15) is 9.59 Å². The second-order valence-corrected chi connectivity index (χ2v) is 7.75. The number of rotatable bonds is 4. The molecule has 3 rings (SSSR count). The van der Waals surface area contributed by atoms with Gasteiger partial charge in [0, 0.05) is 28.5 Å². The molecule has 1 saturated heterocycles. The molecule has 0 atom stereocenters. The van der Waals surface area contributed by atoms with Gasteiger partial charge in [0.05, 0.1) is 12.0 Å². The SMILES string of the molecule is O=C(NC1CCN(C(=O)Cc2cccs2)CC1)c1ccccc1Br. The van der Waals surface area contributed by atoms with Crippen molar-refractivity contribution in [2.24, 2.45) is 0 Å². The lowest BCUT2D eigenvalue weighted by Crippen LogP contribution is -2.47. The summed E-state index contributed by atoms with van der Waals surface area (Å²) in [5, 5.41) is 5.07. The van der Waals surface area contributed by atoms with Gasteiger partial charge in [-0.1, -0.05) is 18.2 Å². The van der Waals surface area contributed by atoms with E-state index in [1.165, 1.54) is 0 Å². The van der Waals surface area contributed by atoms with Crippen molar-refractivity contribution in [3.05, 3.63) is 56.7 Å². The topological polar surface area (TPSA) is 49.4 Å². The zero-order valence-electron chi connectivity index (χ0n) is 13.2. The van der Waals surface area contributed by atoms with E-state index in [2.05, 4.69) is 21.2 Å². The van der Waals surface area contributed by atoms with Crippen molar-refractivity contribution < 1.29 is 9.59 Å². The van der Waals surface area contributed by atoms with E-state index in [4.69, 9.17) is 0 Å². The zero-order valence-corrected chi connectivity index (χ0v) is 15.6. The highest BCUT2D eigenvalue weighted by molar-refractivity contribution is 9.10. The third kappa shape index (κ3) is 4.24. The van der Waals surface area contributed by atoms with E-state index in [0.29, 0.717) is 25.1 Å². The monoisotopic (exact) mass is 406 g/mol. The standard InChI is InChI=1S/C18H19BrN2O2S/c19-16-6-2-1-5-15(16)18(23)20-13-7-9-21(10-8-13)17(22)12-14-4-3-11-24-14/h1-6,11,13H,7-10,12H2,(H,20,23). The highest BCUT2D eigenvalue weighted by Crippen LogP contribution is 2.18. The molecule has 126 valence electrons. The molecule has 2 heterocycles. The number of carbonyl (C=O) groups excluding carboxylic acids is 2. The van der Waals surface area contributed by atoms with Gasteiger partial charge in [-0.2, -0.15) is 0 Å². The maximum absolute atomic E-state index is 12.3. The Hall–Kier alpha value is -1.66. The van der Waals surface area contributed by atoms with Gasteiger partial charge in [0.25, 0.3) is 5.91 Å². The second kappa shape index (κ2) is 7.94. The maximum Gasteiger partial charge on any atom is 0.252 e. The normalized spacial score (nSPS) is 15.3. The van der Waals surface area contributed by atoms with Crippen molar-refractivity contribution in [1.29, 1.82) is 0 Å². The van der Waals surface area contributed by atoms with E-state index in [-0.39, 0.29) is 17.9 Å². The van der Waals surface area contributed by atoms with Crippen molar-refractivity contribution in [1.82, 2.24) is 10.2 Å². The van der Waals surface area contributed by atoms with Crippen LogP contribution in [0.5, 0.6) is 0 Å². The lowest BCUT2D eigenvalue weighted by Gasteiger charge is -2.32. The molecule has 1 aromatic heterocycles. The van der Waals surface area contributed by atoms with Gasteiger partial charge in [-0.15, -0.1) is 11.3 Å². The van der Waals surface area contributed by atoms with Crippen LogP contribution in [0.3, 0.4) is 0 Å². The zero-order chi connectivity index (χ0) is 16.9. The molecule has 1 aromatic carbocycles. The molecule has 6 heteroatoms. The predicted molar refractivity (Wildman–Crippen MR) is 99.2 cm³/mol. The number of thiophene rings is 1. The van der Waals surface area contributed by atoms with Crippen LogP contribution in [0, 0.1) is 0 Å². The molecule has 0 aliphatic carbocycles. The molecular weight excluding hydrogens is 388 g/mol. The van der Waals surface area contributed by atoms with Crippen LogP contribution in [0.25, 0.3) is 0 Å². The Morgan fingerprint density at radius 3 is 2.58 bits per heavy atom. The lowest BCUT2D eigenvalue weighted by atomic mass is 10.0. The molecule has 1 aliphatic heterocycles. The molecule has 0 saturated carbocycles. The molecule has 0 radical (unpaired) electrons. The smallest absolute Gasteiger partial charge is 0.252 e. The summed E-state index contributed by atoms with van der Waals surface area (Å²) in [4.78, 5) is 27.6. The minimum absolute atomic E-state index is 0.0640. The highest BCUT2D eigenvalue weighted by atomic mass is 79.9. The van der Waals surface area contributed by atoms with Crippen molar-refractivity contribution in [2.45, 2.75) is 25.3 Å². The largest absolute Gasteiger partial charge is 0.349 e. The summed E-state index contributed by atoms with van der Waals surface area (Å²) in [5.74, 6) is 0.110. The van der Waals surface area contributed by atoms with Crippen molar-refractivity contribution in [2.75, 3.05) is 13.1 Å². The average Bonchev–Trinajstić information content (AvgIpc) is 3.08. The number of hydrogen-bond donors (Lipinski definition) is 1. The van der Waals surface area contributed by atoms with E-state index in [1.54, 1.807) is 17.4 Å². The summed E-state index contributed by atoms with van der Waals surface area (Å²) < 4.78 is 0.797. The van der Waals surface area contributed by atoms with Crippen molar-refractivity contribution >= 4 is 39.1 Å². The van der Waals surface area contributed by atoms with E-state index in [1.807, 2.05) is 40.6 Å². The number of likely N-dealkylation sites (tertiary alicyclic amines) is 1. The number of benzene rings is 1. The summed E-state index contributed by atoms with van der Waals surface area (Å²) in [6, 6.07) is 11.5. The molecule has 0 bridgehead atoms. The second-order valence-electron chi connectivity index (χ2n) is 5.86. The van der Waals surface area contributed by atoms with E-state index in [0.717, 1.165) is 22.2 Å². The Labute approximate surface area is 154 Å². The Morgan fingerprint density at radius 1 is 1.17 bits per heavy atom. The average molecular weight is 407 g/mol. The van der Waals surface area contributed by atoms with Crippen LogP contribution < -0.4 is 5.32 Å².